The van der Waals surface area contributed by atoms with Crippen LogP contribution < -0.4 is 0 Å². The first-order valence-corrected chi connectivity index (χ1v) is 3.34. The minimum atomic E-state index is 0.0860. The SMILES string of the molecule is CC(C)(S)CCCO. The maximum absolute atomic E-state index is 8.40. The van der Waals surface area contributed by atoms with E-state index in [0.29, 0.717) is 0 Å². The maximum Gasteiger partial charge on any atom is 0.0431 e. The van der Waals surface area contributed by atoms with Crippen LogP contribution in [0, 0.1) is 0 Å². The van der Waals surface area contributed by atoms with Gasteiger partial charge in [-0.25, -0.2) is 0 Å². The fourth-order valence-corrected chi connectivity index (χ4v) is 0.670. The lowest BCUT2D eigenvalue weighted by Gasteiger charge is -2.15. The smallest absolute Gasteiger partial charge is 0.0431 e. The predicted molar refractivity (Wildman–Crippen MR) is 39.4 cm³/mol. The van der Waals surface area contributed by atoms with Crippen LogP contribution in [-0.4, -0.2) is 16.5 Å². The highest BCUT2D eigenvalue weighted by Crippen LogP contribution is 2.17. The molecule has 0 fully saturated rings. The maximum atomic E-state index is 8.40. The number of rotatable bonds is 3. The Bertz CT molecular complexity index is 56.0. The van der Waals surface area contributed by atoms with Gasteiger partial charge in [-0.1, -0.05) is 13.8 Å². The molecule has 0 heterocycles. The molecule has 0 rings (SSSR count). The number of hydrogen-bond acceptors (Lipinski definition) is 2. The molecule has 1 nitrogen and oxygen atoms in total. The molecule has 0 atom stereocenters. The summed E-state index contributed by atoms with van der Waals surface area (Å²) in [5, 5.41) is 8.40. The van der Waals surface area contributed by atoms with E-state index in [1.165, 1.54) is 0 Å². The molecule has 0 saturated carbocycles. The van der Waals surface area contributed by atoms with Crippen molar-refractivity contribution in [2.45, 2.75) is 31.4 Å². The van der Waals surface area contributed by atoms with E-state index in [2.05, 4.69) is 12.6 Å². The first-order chi connectivity index (χ1) is 3.56. The fraction of sp³-hybridized carbons (Fsp3) is 1.00. The fourth-order valence-electron chi connectivity index (χ4n) is 0.512. The molecule has 0 amide bonds. The third-order valence-corrected chi connectivity index (χ3v) is 1.17. The lowest BCUT2D eigenvalue weighted by Crippen LogP contribution is -2.10. The summed E-state index contributed by atoms with van der Waals surface area (Å²) in [6, 6.07) is 0. The van der Waals surface area contributed by atoms with Gasteiger partial charge in [0.15, 0.2) is 0 Å². The second kappa shape index (κ2) is 3.36. The summed E-state index contributed by atoms with van der Waals surface area (Å²) in [7, 11) is 0. The van der Waals surface area contributed by atoms with Gasteiger partial charge in [-0.3, -0.25) is 0 Å². The third-order valence-electron chi connectivity index (χ3n) is 0.947. The van der Waals surface area contributed by atoms with Crippen molar-refractivity contribution in [1.29, 1.82) is 0 Å². The van der Waals surface area contributed by atoms with E-state index < -0.39 is 0 Å². The Labute approximate surface area is 56.5 Å². The van der Waals surface area contributed by atoms with Crippen molar-refractivity contribution >= 4 is 12.6 Å². The molecule has 0 radical (unpaired) electrons. The summed E-state index contributed by atoms with van der Waals surface area (Å²) in [6.07, 6.45) is 1.84. The molecule has 0 aliphatic carbocycles. The molecule has 0 bridgehead atoms. The van der Waals surface area contributed by atoms with E-state index >= 15 is 0 Å². The molecular weight excluding hydrogens is 120 g/mol. The second-order valence-corrected chi connectivity index (χ2v) is 3.85. The number of hydrogen-bond donors (Lipinski definition) is 2. The van der Waals surface area contributed by atoms with Gasteiger partial charge in [0.2, 0.25) is 0 Å². The Hall–Kier alpha value is 0.310. The van der Waals surface area contributed by atoms with Gasteiger partial charge in [0.1, 0.15) is 0 Å². The molecule has 0 unspecified atom stereocenters. The molecule has 0 aromatic rings. The van der Waals surface area contributed by atoms with Gasteiger partial charge >= 0.3 is 0 Å². The Morgan fingerprint density at radius 1 is 1.50 bits per heavy atom. The summed E-state index contributed by atoms with van der Waals surface area (Å²) >= 11 is 4.28. The van der Waals surface area contributed by atoms with Gasteiger partial charge < -0.3 is 5.11 Å². The van der Waals surface area contributed by atoms with Crippen LogP contribution in [0.1, 0.15) is 26.7 Å². The quantitative estimate of drug-likeness (QED) is 0.560. The topological polar surface area (TPSA) is 20.2 Å². The van der Waals surface area contributed by atoms with Crippen LogP contribution in [0.25, 0.3) is 0 Å². The number of thiol groups is 1. The van der Waals surface area contributed by atoms with E-state index in [4.69, 9.17) is 5.11 Å². The summed E-state index contributed by atoms with van der Waals surface area (Å²) in [5.74, 6) is 0. The van der Waals surface area contributed by atoms with Crippen molar-refractivity contribution in [3.63, 3.8) is 0 Å². The van der Waals surface area contributed by atoms with Gasteiger partial charge in [-0.05, 0) is 12.8 Å². The normalized spacial score (nSPS) is 12.0. The van der Waals surface area contributed by atoms with Crippen LogP contribution in [0.2, 0.25) is 0 Å². The van der Waals surface area contributed by atoms with Crippen LogP contribution >= 0.6 is 12.6 Å². The molecule has 0 aromatic carbocycles. The van der Waals surface area contributed by atoms with Crippen molar-refractivity contribution in [3.05, 3.63) is 0 Å². The molecule has 0 aliphatic rings. The summed E-state index contributed by atoms with van der Waals surface area (Å²) in [4.78, 5) is 0. The van der Waals surface area contributed by atoms with Crippen LogP contribution in [0.3, 0.4) is 0 Å². The first-order valence-electron chi connectivity index (χ1n) is 2.89. The van der Waals surface area contributed by atoms with E-state index in [1.807, 2.05) is 13.8 Å². The molecular formula is C6H14OS. The average Bonchev–Trinajstić information content (AvgIpc) is 1.59. The largest absolute Gasteiger partial charge is 0.396 e. The Morgan fingerprint density at radius 2 is 2.00 bits per heavy atom. The highest BCUT2D eigenvalue weighted by atomic mass is 32.1. The lowest BCUT2D eigenvalue weighted by molar-refractivity contribution is 0.279. The lowest BCUT2D eigenvalue weighted by atomic mass is 10.1. The Balaban J connectivity index is 3.11. The van der Waals surface area contributed by atoms with Gasteiger partial charge in [0, 0.05) is 11.4 Å². The first kappa shape index (κ1) is 8.31. The Morgan fingerprint density at radius 3 is 2.12 bits per heavy atom. The minimum absolute atomic E-state index is 0.0860. The highest BCUT2D eigenvalue weighted by molar-refractivity contribution is 7.81. The monoisotopic (exact) mass is 134 g/mol. The zero-order valence-corrected chi connectivity index (χ0v) is 6.41. The zero-order valence-electron chi connectivity index (χ0n) is 5.52. The molecule has 0 saturated heterocycles. The molecule has 0 aliphatic heterocycles. The zero-order chi connectivity index (χ0) is 6.62. The van der Waals surface area contributed by atoms with Crippen molar-refractivity contribution in [2.24, 2.45) is 0 Å². The molecule has 1 N–H and O–H groups in total. The summed E-state index contributed by atoms with van der Waals surface area (Å²) in [6.45, 7) is 4.38. The molecule has 2 heteroatoms. The molecule has 8 heavy (non-hydrogen) atoms. The second-order valence-electron chi connectivity index (χ2n) is 2.64. The third kappa shape index (κ3) is 6.31. The summed E-state index contributed by atoms with van der Waals surface area (Å²) < 4.78 is 0.0860. The van der Waals surface area contributed by atoms with E-state index in [0.717, 1.165) is 12.8 Å². The average molecular weight is 134 g/mol. The van der Waals surface area contributed by atoms with E-state index in [-0.39, 0.29) is 11.4 Å². The van der Waals surface area contributed by atoms with Crippen LogP contribution in [0.5, 0.6) is 0 Å². The van der Waals surface area contributed by atoms with Gasteiger partial charge in [-0.2, -0.15) is 12.6 Å². The standard InChI is InChI=1S/C6H14OS/c1-6(2,8)4-3-5-7/h7-8H,3-5H2,1-2H3. The van der Waals surface area contributed by atoms with Crippen LogP contribution in [0.4, 0.5) is 0 Å². The van der Waals surface area contributed by atoms with Gasteiger partial charge in [-0.15, -0.1) is 0 Å². The number of aliphatic hydroxyl groups is 1. The molecule has 0 spiro atoms. The van der Waals surface area contributed by atoms with Crippen molar-refractivity contribution in [1.82, 2.24) is 0 Å². The Kier molecular flexibility index (Phi) is 3.49. The predicted octanol–water partition coefficient (Wildman–Crippen LogP) is 1.47. The van der Waals surface area contributed by atoms with Crippen LogP contribution in [-0.2, 0) is 0 Å². The summed E-state index contributed by atoms with van der Waals surface area (Å²) in [5.41, 5.74) is 0. The van der Waals surface area contributed by atoms with Crippen molar-refractivity contribution in [3.8, 4) is 0 Å². The van der Waals surface area contributed by atoms with Crippen LogP contribution in [0.15, 0.2) is 0 Å². The van der Waals surface area contributed by atoms with Gasteiger partial charge in [0.05, 0.1) is 0 Å². The molecule has 50 valence electrons. The number of aliphatic hydroxyl groups excluding tert-OH is 1. The van der Waals surface area contributed by atoms with E-state index in [1.54, 1.807) is 0 Å². The highest BCUT2D eigenvalue weighted by Gasteiger charge is 2.08. The van der Waals surface area contributed by atoms with Crippen molar-refractivity contribution in [2.75, 3.05) is 6.61 Å². The van der Waals surface area contributed by atoms with Gasteiger partial charge in [0.25, 0.3) is 0 Å². The minimum Gasteiger partial charge on any atom is -0.396 e. The van der Waals surface area contributed by atoms with Crippen molar-refractivity contribution < 1.29 is 5.11 Å². The molecule has 0 aromatic heterocycles. The van der Waals surface area contributed by atoms with E-state index in [9.17, 15) is 0 Å².